The number of rotatable bonds is 3. The summed E-state index contributed by atoms with van der Waals surface area (Å²) >= 11 is 5.94. The summed E-state index contributed by atoms with van der Waals surface area (Å²) in [5.41, 5.74) is 1.64. The topological polar surface area (TPSA) is 58.4 Å². The van der Waals surface area contributed by atoms with Crippen molar-refractivity contribution in [3.8, 4) is 0 Å². The summed E-state index contributed by atoms with van der Waals surface area (Å²) in [4.78, 5) is 14.4. The minimum absolute atomic E-state index is 0.222. The lowest BCUT2D eigenvalue weighted by molar-refractivity contribution is -0.131. The van der Waals surface area contributed by atoms with Crippen molar-refractivity contribution in [3.05, 3.63) is 16.5 Å². The largest absolute Gasteiger partial charge is 0.344 e. The molecule has 1 N–H and O–H groups in total. The van der Waals surface area contributed by atoms with Crippen molar-refractivity contribution >= 4 is 17.5 Å². The third-order valence-corrected chi connectivity index (χ3v) is 5.19. The number of carbonyl (C=O) groups is 1. The third kappa shape index (κ3) is 3.24. The zero-order valence-electron chi connectivity index (χ0n) is 12.4. The zero-order valence-corrected chi connectivity index (χ0v) is 13.2. The lowest BCUT2D eigenvalue weighted by Crippen LogP contribution is -2.32. The molecule has 3 heterocycles. The Balaban J connectivity index is 1.53. The lowest BCUT2D eigenvalue weighted by atomic mass is 9.92. The fraction of sp³-hybridized carbons (Fsp3) is 0.733. The van der Waals surface area contributed by atoms with E-state index in [1.54, 1.807) is 0 Å². The highest BCUT2D eigenvalue weighted by atomic mass is 35.5. The fourth-order valence-corrected chi connectivity index (χ4v) is 3.76. The van der Waals surface area contributed by atoms with Gasteiger partial charge in [-0.05, 0) is 62.7 Å². The van der Waals surface area contributed by atoms with E-state index in [4.69, 9.17) is 16.1 Å². The molecule has 2 aliphatic heterocycles. The van der Waals surface area contributed by atoms with Crippen LogP contribution in [-0.4, -0.2) is 42.1 Å². The number of nitrogens with zero attached hydrogens (tertiary/aromatic N) is 2. The van der Waals surface area contributed by atoms with Gasteiger partial charge in [0.2, 0.25) is 11.1 Å². The van der Waals surface area contributed by atoms with Crippen molar-refractivity contribution in [2.75, 3.05) is 26.2 Å². The molecular formula is C15H22ClN3O2. The van der Waals surface area contributed by atoms with Gasteiger partial charge in [-0.2, -0.15) is 0 Å². The standard InChI is InChI=1S/C15H22ClN3O2/c1-10-13(15(16)21-18-10)2-3-14(20)19-6-4-11-8-17-9-12(11)5-7-19/h11-12,17H,2-9H2,1H3/t11-,12+. The molecule has 0 unspecified atom stereocenters. The van der Waals surface area contributed by atoms with Gasteiger partial charge in [-0.1, -0.05) is 5.16 Å². The Morgan fingerprint density at radius 1 is 1.38 bits per heavy atom. The van der Waals surface area contributed by atoms with Crippen LogP contribution in [0.2, 0.25) is 5.22 Å². The molecule has 3 rings (SSSR count). The Hall–Kier alpha value is -1.07. The first-order chi connectivity index (χ1) is 10.1. The zero-order chi connectivity index (χ0) is 14.8. The Kier molecular flexibility index (Phi) is 4.50. The second kappa shape index (κ2) is 6.36. The summed E-state index contributed by atoms with van der Waals surface area (Å²) in [7, 11) is 0. The molecule has 1 amide bonds. The van der Waals surface area contributed by atoms with Crippen molar-refractivity contribution in [1.82, 2.24) is 15.4 Å². The Morgan fingerprint density at radius 3 is 2.62 bits per heavy atom. The first-order valence-corrected chi connectivity index (χ1v) is 8.12. The Morgan fingerprint density at radius 2 is 2.05 bits per heavy atom. The third-order valence-electron chi connectivity index (χ3n) is 4.90. The number of halogens is 1. The van der Waals surface area contributed by atoms with Crippen molar-refractivity contribution in [2.24, 2.45) is 11.8 Å². The van der Waals surface area contributed by atoms with Crippen LogP contribution in [0.15, 0.2) is 4.52 Å². The van der Waals surface area contributed by atoms with Gasteiger partial charge in [-0.3, -0.25) is 4.79 Å². The summed E-state index contributed by atoms with van der Waals surface area (Å²) < 4.78 is 4.93. The monoisotopic (exact) mass is 311 g/mol. The maximum atomic E-state index is 12.4. The van der Waals surface area contributed by atoms with Crippen molar-refractivity contribution < 1.29 is 9.32 Å². The summed E-state index contributed by atoms with van der Waals surface area (Å²) in [5, 5.41) is 7.59. The first kappa shape index (κ1) is 14.9. The number of carbonyl (C=O) groups excluding carboxylic acids is 1. The van der Waals surface area contributed by atoms with E-state index in [2.05, 4.69) is 10.5 Å². The summed E-state index contributed by atoms with van der Waals surface area (Å²) in [5.74, 6) is 1.72. The van der Waals surface area contributed by atoms with E-state index in [9.17, 15) is 4.79 Å². The Bertz CT molecular complexity index is 484. The number of aryl methyl sites for hydroxylation is 1. The van der Waals surface area contributed by atoms with Crippen molar-refractivity contribution in [3.63, 3.8) is 0 Å². The smallest absolute Gasteiger partial charge is 0.229 e. The van der Waals surface area contributed by atoms with E-state index in [1.165, 1.54) is 0 Å². The van der Waals surface area contributed by atoms with Gasteiger partial charge in [0.05, 0.1) is 5.69 Å². The number of amides is 1. The van der Waals surface area contributed by atoms with E-state index in [1.807, 2.05) is 11.8 Å². The average Bonchev–Trinajstić information content (AvgIpc) is 2.98. The van der Waals surface area contributed by atoms with Gasteiger partial charge in [0.25, 0.3) is 0 Å². The van der Waals surface area contributed by atoms with Crippen LogP contribution in [-0.2, 0) is 11.2 Å². The minimum Gasteiger partial charge on any atom is -0.344 e. The number of likely N-dealkylation sites (tertiary alicyclic amines) is 1. The normalized spacial score (nSPS) is 25.7. The maximum absolute atomic E-state index is 12.4. The SMILES string of the molecule is Cc1noc(Cl)c1CCC(=O)N1CC[C@@H]2CNC[C@@H]2CC1. The van der Waals surface area contributed by atoms with Crippen LogP contribution in [0.25, 0.3) is 0 Å². The van der Waals surface area contributed by atoms with E-state index in [0.29, 0.717) is 18.1 Å². The van der Waals surface area contributed by atoms with Gasteiger partial charge in [-0.15, -0.1) is 0 Å². The molecular weight excluding hydrogens is 290 g/mol. The summed E-state index contributed by atoms with van der Waals surface area (Å²) in [6.45, 7) is 5.86. The molecule has 2 aliphatic rings. The van der Waals surface area contributed by atoms with E-state index in [0.717, 1.165) is 62.1 Å². The van der Waals surface area contributed by atoms with Crippen LogP contribution in [0.4, 0.5) is 0 Å². The van der Waals surface area contributed by atoms with Crippen molar-refractivity contribution in [2.45, 2.75) is 32.6 Å². The van der Waals surface area contributed by atoms with Gasteiger partial charge in [0.15, 0.2) is 0 Å². The van der Waals surface area contributed by atoms with Gasteiger partial charge >= 0.3 is 0 Å². The number of hydrogen-bond acceptors (Lipinski definition) is 4. The molecule has 6 heteroatoms. The predicted molar refractivity (Wildman–Crippen MR) is 80.2 cm³/mol. The van der Waals surface area contributed by atoms with Gasteiger partial charge in [0.1, 0.15) is 0 Å². The minimum atomic E-state index is 0.222. The molecule has 0 bridgehead atoms. The predicted octanol–water partition coefficient (Wildman–Crippen LogP) is 2.03. The molecule has 2 saturated heterocycles. The molecule has 1 aromatic heterocycles. The molecule has 0 aliphatic carbocycles. The maximum Gasteiger partial charge on any atom is 0.229 e. The molecule has 116 valence electrons. The average molecular weight is 312 g/mol. The quantitative estimate of drug-likeness (QED) is 0.928. The molecule has 2 fully saturated rings. The first-order valence-electron chi connectivity index (χ1n) is 7.74. The molecule has 2 atom stereocenters. The van der Waals surface area contributed by atoms with E-state index < -0.39 is 0 Å². The second-order valence-electron chi connectivity index (χ2n) is 6.16. The number of nitrogens with one attached hydrogen (secondary N) is 1. The highest BCUT2D eigenvalue weighted by Gasteiger charge is 2.31. The van der Waals surface area contributed by atoms with Crippen LogP contribution in [0.1, 0.15) is 30.5 Å². The van der Waals surface area contributed by atoms with E-state index in [-0.39, 0.29) is 5.91 Å². The number of aromatic nitrogens is 1. The van der Waals surface area contributed by atoms with Gasteiger partial charge < -0.3 is 14.7 Å². The molecule has 0 radical (unpaired) electrons. The van der Waals surface area contributed by atoms with Crippen LogP contribution < -0.4 is 5.32 Å². The van der Waals surface area contributed by atoms with Crippen LogP contribution in [0.3, 0.4) is 0 Å². The molecule has 1 aromatic rings. The highest BCUT2D eigenvalue weighted by molar-refractivity contribution is 6.29. The van der Waals surface area contributed by atoms with E-state index >= 15 is 0 Å². The number of fused-ring (bicyclic) bond motifs is 1. The van der Waals surface area contributed by atoms with Crippen molar-refractivity contribution in [1.29, 1.82) is 0 Å². The lowest BCUT2D eigenvalue weighted by Gasteiger charge is -2.20. The van der Waals surface area contributed by atoms with Gasteiger partial charge in [0, 0.05) is 25.1 Å². The Labute approximate surface area is 130 Å². The summed E-state index contributed by atoms with van der Waals surface area (Å²) in [6, 6.07) is 0. The fourth-order valence-electron chi connectivity index (χ4n) is 3.50. The van der Waals surface area contributed by atoms with Crippen LogP contribution in [0.5, 0.6) is 0 Å². The highest BCUT2D eigenvalue weighted by Crippen LogP contribution is 2.27. The van der Waals surface area contributed by atoms with Gasteiger partial charge in [-0.25, -0.2) is 0 Å². The van der Waals surface area contributed by atoms with Crippen LogP contribution in [0, 0.1) is 18.8 Å². The molecule has 0 spiro atoms. The molecule has 0 saturated carbocycles. The molecule has 0 aromatic carbocycles. The molecule has 21 heavy (non-hydrogen) atoms. The molecule has 5 nitrogen and oxygen atoms in total. The summed E-state index contributed by atoms with van der Waals surface area (Å²) in [6.07, 6.45) is 3.33. The number of hydrogen-bond donors (Lipinski definition) is 1. The van der Waals surface area contributed by atoms with Crippen LogP contribution >= 0.6 is 11.6 Å². The second-order valence-corrected chi connectivity index (χ2v) is 6.50.